The number of rotatable bonds is 4. The van der Waals surface area contributed by atoms with Gasteiger partial charge in [0.1, 0.15) is 40.1 Å². The Hall–Kier alpha value is -4.44. The molecular weight excluding hydrogens is 561 g/mol. The molecule has 4 heterocycles. The van der Waals surface area contributed by atoms with E-state index in [1.807, 2.05) is 29.2 Å². The zero-order valence-electron chi connectivity index (χ0n) is 22.8. The normalized spacial score (nSPS) is 18.7. The van der Waals surface area contributed by atoms with E-state index in [9.17, 15) is 14.7 Å². The van der Waals surface area contributed by atoms with Crippen LogP contribution in [-0.2, 0) is 10.2 Å². The fraction of sp³-hybridized carbons (Fsp3) is 0.290. The summed E-state index contributed by atoms with van der Waals surface area (Å²) in [7, 11) is 0. The van der Waals surface area contributed by atoms with Gasteiger partial charge in [-0.05, 0) is 48.1 Å². The molecule has 11 heteroatoms. The fourth-order valence-corrected chi connectivity index (χ4v) is 6.36. The number of phenolic OH excluding ortho intramolecular Hbond substituents is 1. The van der Waals surface area contributed by atoms with Crippen LogP contribution in [0.5, 0.6) is 11.5 Å². The maximum atomic E-state index is 15.2. The van der Waals surface area contributed by atoms with Gasteiger partial charge in [0.05, 0.1) is 17.3 Å². The van der Waals surface area contributed by atoms with Gasteiger partial charge in [-0.2, -0.15) is 4.98 Å². The highest BCUT2D eigenvalue weighted by molar-refractivity contribution is 6.36. The minimum Gasteiger partial charge on any atom is -0.507 e. The van der Waals surface area contributed by atoms with Gasteiger partial charge in [0, 0.05) is 19.6 Å². The molecule has 1 amide bonds. The molecule has 1 saturated heterocycles. The number of carbonyl (C=O) groups excluding carboxylic acids is 1. The molecule has 42 heavy (non-hydrogen) atoms. The van der Waals surface area contributed by atoms with Gasteiger partial charge in [0.2, 0.25) is 5.91 Å². The first-order chi connectivity index (χ1) is 20.2. The van der Waals surface area contributed by atoms with Crippen LogP contribution in [-0.4, -0.2) is 62.7 Å². The maximum Gasteiger partial charge on any atom is 0.355 e. The Morgan fingerprint density at radius 3 is 2.71 bits per heavy atom. The number of aromatic hydroxyl groups is 1. The van der Waals surface area contributed by atoms with Gasteiger partial charge in [-0.25, -0.2) is 18.7 Å². The maximum absolute atomic E-state index is 15.2. The van der Waals surface area contributed by atoms with E-state index in [-0.39, 0.29) is 57.4 Å². The molecule has 214 valence electrons. The molecule has 0 spiro atoms. The fourth-order valence-electron chi connectivity index (χ4n) is 6.07. The highest BCUT2D eigenvalue weighted by Gasteiger charge is 2.42. The summed E-state index contributed by atoms with van der Waals surface area (Å²) in [5, 5.41) is 11.1. The largest absolute Gasteiger partial charge is 0.507 e. The Balaban J connectivity index is 1.54. The summed E-state index contributed by atoms with van der Waals surface area (Å²) >= 11 is 6.92. The van der Waals surface area contributed by atoms with Crippen molar-refractivity contribution < 1.29 is 19.0 Å². The van der Waals surface area contributed by atoms with Crippen molar-refractivity contribution in [2.24, 2.45) is 0 Å². The van der Waals surface area contributed by atoms with Crippen LogP contribution in [0.15, 0.2) is 59.9 Å². The van der Waals surface area contributed by atoms with E-state index in [2.05, 4.69) is 18.5 Å². The molecule has 0 unspecified atom stereocenters. The molecule has 2 aliphatic heterocycles. The van der Waals surface area contributed by atoms with E-state index in [1.165, 1.54) is 28.8 Å². The monoisotopic (exact) mass is 587 g/mol. The van der Waals surface area contributed by atoms with Crippen molar-refractivity contribution in [3.8, 4) is 28.4 Å². The number of piperazine rings is 1. The molecule has 0 radical (unpaired) electrons. The van der Waals surface area contributed by atoms with Crippen molar-refractivity contribution in [1.82, 2.24) is 19.4 Å². The summed E-state index contributed by atoms with van der Waals surface area (Å²) in [6.45, 7) is 6.96. The number of aromatic nitrogens is 3. The minimum absolute atomic E-state index is 0.0162. The molecule has 9 nitrogen and oxygen atoms in total. The Kier molecular flexibility index (Phi) is 6.02. The van der Waals surface area contributed by atoms with E-state index in [0.29, 0.717) is 36.5 Å². The SMILES string of the molecule is C=CC(=O)N1CCN2c3nc(=O)n(-c4ccccc4C4(C)CC4)c4nc(-c5c(O)cccc5F)c(Cl)c(c34)OC[C@H]2C1. The average Bonchev–Trinajstić information content (AvgIpc) is 3.76. The van der Waals surface area contributed by atoms with Crippen molar-refractivity contribution in [3.05, 3.63) is 82.0 Å². The van der Waals surface area contributed by atoms with Crippen LogP contribution in [0.1, 0.15) is 25.3 Å². The van der Waals surface area contributed by atoms with E-state index < -0.39 is 11.5 Å². The zero-order valence-corrected chi connectivity index (χ0v) is 23.6. The standard InChI is InChI=1S/C31H27ClFN5O4/c1-3-22(40)36-13-14-37-17(15-36)16-42-27-24-28(37)35-30(41)38(20-9-5-4-7-18(20)31(2)11-12-31)29(24)34-26(25(27)32)23-19(33)8-6-10-21(23)39/h3-10,17,39H,1,11-16H2,2H3/t17-/m1/s1. The number of benzene rings is 2. The highest BCUT2D eigenvalue weighted by atomic mass is 35.5. The number of phenols is 1. The number of carbonyl (C=O) groups is 1. The number of hydrogen-bond donors (Lipinski definition) is 1. The second-order valence-electron chi connectivity index (χ2n) is 11.2. The molecule has 1 N–H and O–H groups in total. The smallest absolute Gasteiger partial charge is 0.355 e. The minimum atomic E-state index is -0.727. The van der Waals surface area contributed by atoms with Gasteiger partial charge < -0.3 is 19.6 Å². The molecule has 2 fully saturated rings. The van der Waals surface area contributed by atoms with Crippen molar-refractivity contribution in [2.75, 3.05) is 31.1 Å². The van der Waals surface area contributed by atoms with Gasteiger partial charge in [0.15, 0.2) is 11.4 Å². The first-order valence-corrected chi connectivity index (χ1v) is 14.1. The van der Waals surface area contributed by atoms with E-state index in [1.54, 1.807) is 4.90 Å². The number of nitrogens with zero attached hydrogens (tertiary/aromatic N) is 5. The van der Waals surface area contributed by atoms with Crippen LogP contribution in [0, 0.1) is 5.82 Å². The summed E-state index contributed by atoms with van der Waals surface area (Å²) in [6, 6.07) is 11.2. The van der Waals surface area contributed by atoms with Gasteiger partial charge in [-0.3, -0.25) is 4.79 Å². The van der Waals surface area contributed by atoms with Gasteiger partial charge in [-0.15, -0.1) is 0 Å². The Morgan fingerprint density at radius 1 is 1.19 bits per heavy atom. The molecule has 1 saturated carbocycles. The second kappa shape index (κ2) is 9.55. The second-order valence-corrected chi connectivity index (χ2v) is 11.6. The molecule has 7 rings (SSSR count). The lowest BCUT2D eigenvalue weighted by atomic mass is 9.96. The lowest BCUT2D eigenvalue weighted by Crippen LogP contribution is -2.56. The van der Waals surface area contributed by atoms with Crippen molar-refractivity contribution in [3.63, 3.8) is 0 Å². The van der Waals surface area contributed by atoms with Gasteiger partial charge >= 0.3 is 5.69 Å². The summed E-state index contributed by atoms with van der Waals surface area (Å²) in [5.74, 6) is -0.763. The van der Waals surface area contributed by atoms with Crippen LogP contribution in [0.2, 0.25) is 5.02 Å². The number of ether oxygens (including phenoxy) is 1. The van der Waals surface area contributed by atoms with Crippen LogP contribution in [0.3, 0.4) is 0 Å². The number of para-hydroxylation sites is 1. The highest BCUT2D eigenvalue weighted by Crippen LogP contribution is 2.51. The lowest BCUT2D eigenvalue weighted by Gasteiger charge is -2.40. The summed E-state index contributed by atoms with van der Waals surface area (Å²) in [4.78, 5) is 39.4. The molecule has 3 aliphatic rings. The average molecular weight is 588 g/mol. The third kappa shape index (κ3) is 3.96. The predicted molar refractivity (Wildman–Crippen MR) is 157 cm³/mol. The van der Waals surface area contributed by atoms with E-state index in [0.717, 1.165) is 18.4 Å². The molecule has 1 atom stereocenters. The van der Waals surface area contributed by atoms with Crippen molar-refractivity contribution >= 4 is 34.4 Å². The van der Waals surface area contributed by atoms with Crippen molar-refractivity contribution in [1.29, 1.82) is 0 Å². The van der Waals surface area contributed by atoms with Crippen LogP contribution >= 0.6 is 11.6 Å². The van der Waals surface area contributed by atoms with Gasteiger partial charge in [-0.1, -0.05) is 49.4 Å². The number of amides is 1. The summed E-state index contributed by atoms with van der Waals surface area (Å²) in [6.07, 6.45) is 3.21. The Bertz CT molecular complexity index is 1850. The third-order valence-electron chi connectivity index (χ3n) is 8.59. The van der Waals surface area contributed by atoms with Crippen LogP contribution in [0.4, 0.5) is 10.2 Å². The van der Waals surface area contributed by atoms with E-state index in [4.69, 9.17) is 21.3 Å². The van der Waals surface area contributed by atoms with Crippen LogP contribution < -0.4 is 15.3 Å². The molecule has 4 aromatic rings. The number of pyridine rings is 1. The summed E-state index contributed by atoms with van der Waals surface area (Å²) in [5.41, 5.74) is 0.849. The molecule has 0 bridgehead atoms. The number of hydrogen-bond acceptors (Lipinski definition) is 7. The quantitative estimate of drug-likeness (QED) is 0.349. The zero-order chi connectivity index (χ0) is 29.3. The number of halogens is 2. The molecule has 2 aromatic heterocycles. The first kappa shape index (κ1) is 26.5. The van der Waals surface area contributed by atoms with E-state index >= 15 is 4.39 Å². The molecule has 2 aromatic carbocycles. The first-order valence-electron chi connectivity index (χ1n) is 13.8. The topological polar surface area (TPSA) is 101 Å². The molecular formula is C31H27ClFN5O4. The Morgan fingerprint density at radius 2 is 1.98 bits per heavy atom. The number of fused-ring (bicyclic) bond motifs is 2. The van der Waals surface area contributed by atoms with Crippen LogP contribution in [0.25, 0.3) is 28.0 Å². The Labute approximate surface area is 245 Å². The van der Waals surface area contributed by atoms with Crippen molar-refractivity contribution in [2.45, 2.75) is 31.2 Å². The van der Waals surface area contributed by atoms with Gasteiger partial charge in [0.25, 0.3) is 0 Å². The number of anilines is 1. The predicted octanol–water partition coefficient (Wildman–Crippen LogP) is 4.59. The summed E-state index contributed by atoms with van der Waals surface area (Å²) < 4.78 is 23.0. The molecule has 1 aliphatic carbocycles. The third-order valence-corrected chi connectivity index (χ3v) is 8.94. The lowest BCUT2D eigenvalue weighted by molar-refractivity contribution is -0.126.